The van der Waals surface area contributed by atoms with Crippen LogP contribution in [0.4, 0.5) is 0 Å². The van der Waals surface area contributed by atoms with Gasteiger partial charge in [-0.3, -0.25) is 4.90 Å². The van der Waals surface area contributed by atoms with Crippen molar-refractivity contribution >= 4 is 0 Å². The molecule has 1 aromatic heterocycles. The molecule has 1 atom stereocenters. The fourth-order valence-electron chi connectivity index (χ4n) is 2.32. The summed E-state index contributed by atoms with van der Waals surface area (Å²) in [5, 5.41) is 3.47. The average Bonchev–Trinajstić information content (AvgIpc) is 2.81. The molecule has 0 spiro atoms. The second-order valence-electron chi connectivity index (χ2n) is 4.82. The molecule has 3 nitrogen and oxygen atoms in total. The summed E-state index contributed by atoms with van der Waals surface area (Å²) in [7, 11) is 2.17. The molecule has 1 aliphatic heterocycles. The molecule has 0 aromatic carbocycles. The highest BCUT2D eigenvalue weighted by atomic mass is 16.3. The van der Waals surface area contributed by atoms with Crippen LogP contribution in [-0.2, 0) is 6.54 Å². The molecular formula is C13H22N2O. The number of nitrogens with one attached hydrogen (secondary N) is 1. The van der Waals surface area contributed by atoms with Gasteiger partial charge >= 0.3 is 0 Å². The van der Waals surface area contributed by atoms with E-state index in [0.717, 1.165) is 24.8 Å². The number of piperidine rings is 1. The predicted molar refractivity (Wildman–Crippen MR) is 65.3 cm³/mol. The summed E-state index contributed by atoms with van der Waals surface area (Å²) >= 11 is 0. The lowest BCUT2D eigenvalue weighted by atomic mass is 9.96. The molecule has 3 heteroatoms. The summed E-state index contributed by atoms with van der Waals surface area (Å²) < 4.78 is 5.34. The molecule has 16 heavy (non-hydrogen) atoms. The summed E-state index contributed by atoms with van der Waals surface area (Å²) in [6.45, 7) is 4.49. The Balaban J connectivity index is 1.65. The van der Waals surface area contributed by atoms with Crippen molar-refractivity contribution in [2.45, 2.75) is 25.8 Å². The van der Waals surface area contributed by atoms with E-state index >= 15 is 0 Å². The Labute approximate surface area is 97.8 Å². The van der Waals surface area contributed by atoms with Gasteiger partial charge in [-0.15, -0.1) is 0 Å². The molecule has 90 valence electrons. The second-order valence-corrected chi connectivity index (χ2v) is 4.82. The van der Waals surface area contributed by atoms with Crippen molar-refractivity contribution in [2.24, 2.45) is 5.92 Å². The molecule has 1 aliphatic rings. The number of nitrogens with zero attached hydrogens (tertiary/aromatic N) is 1. The number of hydrogen-bond donors (Lipinski definition) is 1. The van der Waals surface area contributed by atoms with Crippen LogP contribution in [-0.4, -0.2) is 31.6 Å². The monoisotopic (exact) mass is 222 g/mol. The highest BCUT2D eigenvalue weighted by Gasteiger charge is 2.13. The number of furan rings is 1. The van der Waals surface area contributed by atoms with Gasteiger partial charge in [-0.25, -0.2) is 0 Å². The van der Waals surface area contributed by atoms with Gasteiger partial charge in [-0.2, -0.15) is 0 Å². The van der Waals surface area contributed by atoms with Gasteiger partial charge in [0.2, 0.25) is 0 Å². The van der Waals surface area contributed by atoms with Crippen LogP contribution in [0.1, 0.15) is 25.0 Å². The zero-order valence-electron chi connectivity index (χ0n) is 10.1. The summed E-state index contributed by atoms with van der Waals surface area (Å²) in [5.41, 5.74) is 0. The molecule has 0 saturated carbocycles. The van der Waals surface area contributed by atoms with Gasteiger partial charge < -0.3 is 9.73 Å². The van der Waals surface area contributed by atoms with E-state index < -0.39 is 0 Å². The van der Waals surface area contributed by atoms with Gasteiger partial charge in [-0.1, -0.05) is 0 Å². The molecule has 2 rings (SSSR count). The van der Waals surface area contributed by atoms with Crippen LogP contribution in [0.3, 0.4) is 0 Å². The summed E-state index contributed by atoms with van der Waals surface area (Å²) in [4.78, 5) is 2.34. The molecule has 0 amide bonds. The summed E-state index contributed by atoms with van der Waals surface area (Å²) in [6.07, 6.45) is 5.77. The Morgan fingerprint density at radius 1 is 1.56 bits per heavy atom. The molecule has 1 N–H and O–H groups in total. The number of hydrogen-bond acceptors (Lipinski definition) is 3. The molecule has 1 aromatic rings. The molecule has 0 aliphatic carbocycles. The molecular weight excluding hydrogens is 200 g/mol. The summed E-state index contributed by atoms with van der Waals surface area (Å²) in [5.74, 6) is 1.93. The van der Waals surface area contributed by atoms with E-state index in [9.17, 15) is 0 Å². The molecule has 0 bridgehead atoms. The predicted octanol–water partition coefficient (Wildman–Crippen LogP) is 2.10. The van der Waals surface area contributed by atoms with E-state index in [-0.39, 0.29) is 0 Å². The Morgan fingerprint density at radius 3 is 3.19 bits per heavy atom. The standard InChI is InChI=1S/C13H22N2O/c1-15(11-13-5-3-9-16-13)8-6-12-4-2-7-14-10-12/h3,5,9,12,14H,2,4,6-8,10-11H2,1H3. The van der Waals surface area contributed by atoms with Gasteiger partial charge in [0.1, 0.15) is 5.76 Å². The smallest absolute Gasteiger partial charge is 0.117 e. The average molecular weight is 222 g/mol. The van der Waals surface area contributed by atoms with E-state index in [1.807, 2.05) is 12.1 Å². The van der Waals surface area contributed by atoms with Crippen molar-refractivity contribution in [3.8, 4) is 0 Å². The summed E-state index contributed by atoms with van der Waals surface area (Å²) in [6, 6.07) is 3.99. The quantitative estimate of drug-likeness (QED) is 0.827. The van der Waals surface area contributed by atoms with Crippen molar-refractivity contribution in [3.63, 3.8) is 0 Å². The molecule has 2 heterocycles. The largest absolute Gasteiger partial charge is 0.468 e. The molecule has 1 unspecified atom stereocenters. The van der Waals surface area contributed by atoms with Crippen molar-refractivity contribution in [1.29, 1.82) is 0 Å². The maximum atomic E-state index is 5.34. The Morgan fingerprint density at radius 2 is 2.50 bits per heavy atom. The zero-order chi connectivity index (χ0) is 11.2. The minimum absolute atomic E-state index is 0.868. The lowest BCUT2D eigenvalue weighted by molar-refractivity contribution is 0.253. The van der Waals surface area contributed by atoms with Gasteiger partial charge in [-0.05, 0) is 64.0 Å². The van der Waals surface area contributed by atoms with E-state index in [2.05, 4.69) is 17.3 Å². The van der Waals surface area contributed by atoms with E-state index in [1.54, 1.807) is 6.26 Å². The van der Waals surface area contributed by atoms with Crippen LogP contribution < -0.4 is 5.32 Å². The van der Waals surface area contributed by atoms with E-state index in [0.29, 0.717) is 0 Å². The minimum Gasteiger partial charge on any atom is -0.468 e. The Bertz CT molecular complexity index is 278. The second kappa shape index (κ2) is 6.06. The maximum absolute atomic E-state index is 5.34. The Hall–Kier alpha value is -0.800. The first-order chi connectivity index (χ1) is 7.84. The van der Waals surface area contributed by atoms with Crippen LogP contribution in [0, 0.1) is 5.92 Å². The van der Waals surface area contributed by atoms with Gasteiger partial charge in [0.15, 0.2) is 0 Å². The first-order valence-electron chi connectivity index (χ1n) is 6.26. The first-order valence-corrected chi connectivity index (χ1v) is 6.26. The van der Waals surface area contributed by atoms with Crippen LogP contribution in [0.15, 0.2) is 22.8 Å². The first kappa shape index (κ1) is 11.7. The third-order valence-corrected chi connectivity index (χ3v) is 3.32. The van der Waals surface area contributed by atoms with Crippen molar-refractivity contribution in [3.05, 3.63) is 24.2 Å². The maximum Gasteiger partial charge on any atom is 0.117 e. The van der Waals surface area contributed by atoms with Crippen LogP contribution in [0.5, 0.6) is 0 Å². The van der Waals surface area contributed by atoms with Crippen molar-refractivity contribution in [1.82, 2.24) is 10.2 Å². The lowest BCUT2D eigenvalue weighted by Crippen LogP contribution is -2.32. The fraction of sp³-hybridized carbons (Fsp3) is 0.692. The molecule has 1 saturated heterocycles. The van der Waals surface area contributed by atoms with E-state index in [4.69, 9.17) is 4.42 Å². The highest BCUT2D eigenvalue weighted by molar-refractivity contribution is 4.97. The van der Waals surface area contributed by atoms with Crippen molar-refractivity contribution < 1.29 is 4.42 Å². The topological polar surface area (TPSA) is 28.4 Å². The van der Waals surface area contributed by atoms with E-state index in [1.165, 1.54) is 32.4 Å². The lowest BCUT2D eigenvalue weighted by Gasteiger charge is -2.24. The van der Waals surface area contributed by atoms with Crippen LogP contribution in [0.2, 0.25) is 0 Å². The number of rotatable bonds is 5. The Kier molecular flexibility index (Phi) is 4.43. The fourth-order valence-corrected chi connectivity index (χ4v) is 2.32. The third kappa shape index (κ3) is 3.65. The minimum atomic E-state index is 0.868. The SMILES string of the molecule is CN(CCC1CCCNC1)Cc1ccco1. The van der Waals surface area contributed by atoms with Gasteiger partial charge in [0.05, 0.1) is 12.8 Å². The van der Waals surface area contributed by atoms with Gasteiger partial charge in [0.25, 0.3) is 0 Å². The van der Waals surface area contributed by atoms with Crippen molar-refractivity contribution in [2.75, 3.05) is 26.7 Å². The molecule has 0 radical (unpaired) electrons. The van der Waals surface area contributed by atoms with Gasteiger partial charge in [0, 0.05) is 0 Å². The van der Waals surface area contributed by atoms with Crippen LogP contribution in [0.25, 0.3) is 0 Å². The van der Waals surface area contributed by atoms with Crippen LogP contribution >= 0.6 is 0 Å². The zero-order valence-corrected chi connectivity index (χ0v) is 10.1. The third-order valence-electron chi connectivity index (χ3n) is 3.32. The molecule has 1 fully saturated rings. The highest BCUT2D eigenvalue weighted by Crippen LogP contribution is 2.14. The normalized spacial score (nSPS) is 21.5.